The summed E-state index contributed by atoms with van der Waals surface area (Å²) in [4.78, 5) is 19.4. The van der Waals surface area contributed by atoms with E-state index in [0.717, 1.165) is 36.5 Å². The summed E-state index contributed by atoms with van der Waals surface area (Å²) >= 11 is 1.47. The van der Waals surface area contributed by atoms with Gasteiger partial charge in [-0.15, -0.1) is 11.3 Å². The first-order valence-corrected chi connectivity index (χ1v) is 9.49. The lowest BCUT2D eigenvalue weighted by atomic mass is 10.1. The monoisotopic (exact) mass is 359 g/mol. The largest absolute Gasteiger partial charge is 0.373 e. The normalized spacial score (nSPS) is 21.3. The van der Waals surface area contributed by atoms with Gasteiger partial charge >= 0.3 is 0 Å². The van der Waals surface area contributed by atoms with Crippen LogP contribution in [0.4, 0.5) is 5.13 Å². The molecular weight excluding hydrogens is 334 g/mol. The highest BCUT2D eigenvalue weighted by Gasteiger charge is 2.22. The number of amides is 1. The standard InChI is InChI=1S/C19H25N3O2S/c1-12-5-13(2)7-16(6-12)18(23)21-19-20-17(11-25-19)10-22-8-14(3)24-15(4)9-22/h5-7,11,14-15H,8-10H2,1-4H3,(H,20,21,23)/t14-,15-/m0/s1. The molecule has 0 bridgehead atoms. The minimum atomic E-state index is -0.110. The molecule has 3 rings (SSSR count). The van der Waals surface area contributed by atoms with Crippen LogP contribution in [0.25, 0.3) is 0 Å². The quantitative estimate of drug-likeness (QED) is 0.906. The van der Waals surface area contributed by atoms with Crippen molar-refractivity contribution in [1.82, 2.24) is 9.88 Å². The number of morpholine rings is 1. The average Bonchev–Trinajstić information content (AvgIpc) is 2.92. The van der Waals surface area contributed by atoms with Gasteiger partial charge in [-0.05, 0) is 39.8 Å². The Balaban J connectivity index is 1.62. The van der Waals surface area contributed by atoms with Gasteiger partial charge in [0.2, 0.25) is 0 Å². The van der Waals surface area contributed by atoms with Crippen LogP contribution in [0, 0.1) is 13.8 Å². The molecule has 1 saturated heterocycles. The van der Waals surface area contributed by atoms with E-state index >= 15 is 0 Å². The van der Waals surface area contributed by atoms with E-state index in [-0.39, 0.29) is 18.1 Å². The number of anilines is 1. The molecule has 1 aromatic heterocycles. The van der Waals surface area contributed by atoms with Gasteiger partial charge < -0.3 is 4.74 Å². The van der Waals surface area contributed by atoms with E-state index in [2.05, 4.69) is 35.1 Å². The summed E-state index contributed by atoms with van der Waals surface area (Å²) in [7, 11) is 0. The summed E-state index contributed by atoms with van der Waals surface area (Å²) in [6, 6.07) is 5.85. The molecule has 5 nitrogen and oxygen atoms in total. The maximum absolute atomic E-state index is 12.4. The van der Waals surface area contributed by atoms with Crippen molar-refractivity contribution >= 4 is 22.4 Å². The lowest BCUT2D eigenvalue weighted by Crippen LogP contribution is -2.44. The fraction of sp³-hybridized carbons (Fsp3) is 0.474. The molecule has 2 atom stereocenters. The zero-order chi connectivity index (χ0) is 18.0. The number of aromatic nitrogens is 1. The van der Waals surface area contributed by atoms with E-state index < -0.39 is 0 Å². The van der Waals surface area contributed by atoms with Crippen molar-refractivity contribution in [2.24, 2.45) is 0 Å². The number of nitrogens with zero attached hydrogens (tertiary/aromatic N) is 2. The summed E-state index contributed by atoms with van der Waals surface area (Å²) in [6.07, 6.45) is 0.484. The maximum atomic E-state index is 12.4. The molecule has 1 aliphatic heterocycles. The third-order valence-corrected chi connectivity index (χ3v) is 4.94. The highest BCUT2D eigenvalue weighted by molar-refractivity contribution is 7.13. The van der Waals surface area contributed by atoms with E-state index in [1.165, 1.54) is 11.3 Å². The summed E-state index contributed by atoms with van der Waals surface area (Å²) in [5, 5.41) is 5.58. The predicted octanol–water partition coefficient (Wildman–Crippen LogP) is 3.62. The number of ether oxygens (including phenoxy) is 1. The van der Waals surface area contributed by atoms with Crippen molar-refractivity contribution in [3.05, 3.63) is 46.0 Å². The zero-order valence-electron chi connectivity index (χ0n) is 15.2. The van der Waals surface area contributed by atoms with E-state index in [4.69, 9.17) is 4.74 Å². The van der Waals surface area contributed by atoms with Crippen LogP contribution in [-0.4, -0.2) is 41.1 Å². The van der Waals surface area contributed by atoms with Gasteiger partial charge in [0, 0.05) is 30.6 Å². The van der Waals surface area contributed by atoms with Crippen LogP contribution in [0.1, 0.15) is 41.0 Å². The first-order chi connectivity index (χ1) is 11.9. The average molecular weight is 359 g/mol. The minimum absolute atomic E-state index is 0.110. The SMILES string of the molecule is Cc1cc(C)cc(C(=O)Nc2nc(CN3C[C@H](C)O[C@@H](C)C3)cs2)c1. The van der Waals surface area contributed by atoms with Gasteiger partial charge in [0.15, 0.2) is 5.13 Å². The molecule has 0 spiro atoms. The minimum Gasteiger partial charge on any atom is -0.373 e. The molecule has 0 radical (unpaired) electrons. The van der Waals surface area contributed by atoms with Crippen LogP contribution in [0.3, 0.4) is 0 Å². The molecule has 1 aromatic carbocycles. The van der Waals surface area contributed by atoms with Gasteiger partial charge in [-0.25, -0.2) is 4.98 Å². The Bertz CT molecular complexity index is 729. The third kappa shape index (κ3) is 4.87. The lowest BCUT2D eigenvalue weighted by Gasteiger charge is -2.34. The van der Waals surface area contributed by atoms with Gasteiger partial charge in [-0.3, -0.25) is 15.0 Å². The van der Waals surface area contributed by atoms with Gasteiger partial charge in [0.25, 0.3) is 5.91 Å². The maximum Gasteiger partial charge on any atom is 0.257 e. The van der Waals surface area contributed by atoms with Gasteiger partial charge in [-0.1, -0.05) is 17.2 Å². The van der Waals surface area contributed by atoms with Gasteiger partial charge in [0.05, 0.1) is 17.9 Å². The van der Waals surface area contributed by atoms with E-state index in [0.29, 0.717) is 10.7 Å². The van der Waals surface area contributed by atoms with E-state index in [1.807, 2.05) is 31.4 Å². The van der Waals surface area contributed by atoms with Gasteiger partial charge in [0.1, 0.15) is 0 Å². The molecule has 1 aliphatic rings. The molecule has 1 N–H and O–H groups in total. The van der Waals surface area contributed by atoms with Crippen LogP contribution in [-0.2, 0) is 11.3 Å². The molecule has 134 valence electrons. The van der Waals surface area contributed by atoms with Crippen LogP contribution in [0.5, 0.6) is 0 Å². The number of hydrogen-bond acceptors (Lipinski definition) is 5. The third-order valence-electron chi connectivity index (χ3n) is 4.14. The number of carbonyl (C=O) groups excluding carboxylic acids is 1. The molecule has 1 fully saturated rings. The Morgan fingerprint density at radius 3 is 2.52 bits per heavy atom. The predicted molar refractivity (Wildman–Crippen MR) is 101 cm³/mol. The number of rotatable bonds is 4. The van der Waals surface area contributed by atoms with Crippen LogP contribution >= 0.6 is 11.3 Å². The van der Waals surface area contributed by atoms with Crippen LogP contribution in [0.2, 0.25) is 0 Å². The Hall–Kier alpha value is -1.76. The molecule has 6 heteroatoms. The smallest absolute Gasteiger partial charge is 0.257 e. The number of thiazole rings is 1. The summed E-state index contributed by atoms with van der Waals surface area (Å²) in [5.74, 6) is -0.110. The second-order valence-electron chi connectivity index (χ2n) is 6.93. The van der Waals surface area contributed by atoms with Crippen molar-refractivity contribution in [1.29, 1.82) is 0 Å². The topological polar surface area (TPSA) is 54.5 Å². The van der Waals surface area contributed by atoms with E-state index in [1.54, 1.807) is 0 Å². The Labute approximate surface area is 153 Å². The number of benzene rings is 1. The van der Waals surface area contributed by atoms with Gasteiger partial charge in [-0.2, -0.15) is 0 Å². The van der Waals surface area contributed by atoms with Crippen molar-refractivity contribution in [2.75, 3.05) is 18.4 Å². The van der Waals surface area contributed by atoms with Crippen molar-refractivity contribution in [2.45, 2.75) is 46.4 Å². The highest BCUT2D eigenvalue weighted by Crippen LogP contribution is 2.20. The molecule has 2 aromatic rings. The van der Waals surface area contributed by atoms with E-state index in [9.17, 15) is 4.79 Å². The second kappa shape index (κ2) is 7.64. The molecular formula is C19H25N3O2S. The fourth-order valence-corrected chi connectivity index (χ4v) is 4.05. The first-order valence-electron chi connectivity index (χ1n) is 8.61. The number of hydrogen-bond donors (Lipinski definition) is 1. The Kier molecular flexibility index (Phi) is 5.51. The molecule has 0 aliphatic carbocycles. The number of aryl methyl sites for hydroxylation is 2. The zero-order valence-corrected chi connectivity index (χ0v) is 16.0. The highest BCUT2D eigenvalue weighted by atomic mass is 32.1. The summed E-state index contributed by atoms with van der Waals surface area (Å²) in [5.41, 5.74) is 3.83. The molecule has 0 unspecified atom stereocenters. The summed E-state index contributed by atoms with van der Waals surface area (Å²) in [6.45, 7) is 10.8. The second-order valence-corrected chi connectivity index (χ2v) is 7.78. The Morgan fingerprint density at radius 2 is 1.88 bits per heavy atom. The van der Waals surface area contributed by atoms with Crippen molar-refractivity contribution < 1.29 is 9.53 Å². The van der Waals surface area contributed by atoms with Crippen molar-refractivity contribution in [3.63, 3.8) is 0 Å². The first kappa shape index (κ1) is 18.0. The molecule has 1 amide bonds. The van der Waals surface area contributed by atoms with Crippen molar-refractivity contribution in [3.8, 4) is 0 Å². The van der Waals surface area contributed by atoms with Crippen LogP contribution in [0.15, 0.2) is 23.6 Å². The molecule has 25 heavy (non-hydrogen) atoms. The molecule has 0 saturated carbocycles. The fourth-order valence-electron chi connectivity index (χ4n) is 3.35. The molecule has 2 heterocycles. The number of nitrogens with one attached hydrogen (secondary N) is 1. The Morgan fingerprint density at radius 1 is 1.24 bits per heavy atom. The summed E-state index contributed by atoms with van der Waals surface area (Å²) < 4.78 is 5.76. The lowest BCUT2D eigenvalue weighted by molar-refractivity contribution is -0.0707. The number of carbonyl (C=O) groups is 1. The van der Waals surface area contributed by atoms with Crippen LogP contribution < -0.4 is 5.32 Å².